The molecular formula is C22H15ClN2O3. The van der Waals surface area contributed by atoms with Gasteiger partial charge in [0, 0.05) is 22.7 Å². The molecule has 3 aromatic rings. The number of nitro groups is 1. The lowest BCUT2D eigenvalue weighted by Crippen LogP contribution is -1.97. The highest BCUT2D eigenvalue weighted by atomic mass is 35.5. The van der Waals surface area contributed by atoms with Crippen molar-refractivity contribution in [3.8, 4) is 11.8 Å². The quantitative estimate of drug-likeness (QED) is 0.227. The number of hydrogen-bond donors (Lipinski definition) is 0. The molecule has 0 saturated carbocycles. The van der Waals surface area contributed by atoms with E-state index in [0.717, 1.165) is 5.56 Å². The number of hydrogen-bond acceptors (Lipinski definition) is 4. The molecule has 6 heteroatoms. The van der Waals surface area contributed by atoms with Crippen LogP contribution in [0.5, 0.6) is 5.75 Å². The van der Waals surface area contributed by atoms with Gasteiger partial charge in [0.1, 0.15) is 12.4 Å². The van der Waals surface area contributed by atoms with E-state index >= 15 is 0 Å². The number of rotatable bonds is 6. The van der Waals surface area contributed by atoms with Gasteiger partial charge in [0.25, 0.3) is 5.69 Å². The van der Waals surface area contributed by atoms with Crippen LogP contribution < -0.4 is 4.74 Å². The molecule has 0 atom stereocenters. The number of nitrogens with zero attached hydrogens (tertiary/aromatic N) is 2. The van der Waals surface area contributed by atoms with E-state index in [4.69, 9.17) is 16.3 Å². The van der Waals surface area contributed by atoms with Gasteiger partial charge in [0.2, 0.25) is 0 Å². The summed E-state index contributed by atoms with van der Waals surface area (Å²) in [7, 11) is 0. The molecule has 0 aromatic heterocycles. The van der Waals surface area contributed by atoms with Gasteiger partial charge in [0.15, 0.2) is 0 Å². The van der Waals surface area contributed by atoms with Gasteiger partial charge in [-0.1, -0.05) is 54.1 Å². The average molecular weight is 391 g/mol. The summed E-state index contributed by atoms with van der Waals surface area (Å²) in [5, 5.41) is 21.2. The first kappa shape index (κ1) is 19.2. The number of nitriles is 1. The van der Waals surface area contributed by atoms with Crippen molar-refractivity contribution in [2.75, 3.05) is 0 Å². The van der Waals surface area contributed by atoms with Gasteiger partial charge in [-0.2, -0.15) is 5.26 Å². The summed E-state index contributed by atoms with van der Waals surface area (Å²) in [6, 6.07) is 22.8. The first-order valence-corrected chi connectivity index (χ1v) is 8.77. The number of para-hydroxylation sites is 1. The van der Waals surface area contributed by atoms with Crippen LogP contribution in [0.15, 0.2) is 72.8 Å². The van der Waals surface area contributed by atoms with Crippen molar-refractivity contribution in [1.82, 2.24) is 0 Å². The normalized spacial score (nSPS) is 10.9. The van der Waals surface area contributed by atoms with Crippen molar-refractivity contribution in [3.63, 3.8) is 0 Å². The van der Waals surface area contributed by atoms with Gasteiger partial charge < -0.3 is 4.74 Å². The maximum atomic E-state index is 11.0. The molecular weight excluding hydrogens is 376 g/mol. The summed E-state index contributed by atoms with van der Waals surface area (Å²) in [6.45, 7) is 0.348. The Bertz CT molecular complexity index is 1070. The van der Waals surface area contributed by atoms with Crippen LogP contribution in [0.3, 0.4) is 0 Å². The fraction of sp³-hybridized carbons (Fsp3) is 0.0455. The van der Waals surface area contributed by atoms with Crippen LogP contribution in [0.2, 0.25) is 5.02 Å². The molecule has 138 valence electrons. The van der Waals surface area contributed by atoms with Gasteiger partial charge in [0.05, 0.1) is 16.6 Å². The third-order valence-electron chi connectivity index (χ3n) is 4.01. The van der Waals surface area contributed by atoms with Crippen LogP contribution in [-0.4, -0.2) is 4.92 Å². The molecule has 0 amide bonds. The second kappa shape index (κ2) is 8.85. The van der Waals surface area contributed by atoms with Crippen molar-refractivity contribution in [3.05, 3.63) is 105 Å². The van der Waals surface area contributed by atoms with Crippen LogP contribution in [0.1, 0.15) is 16.7 Å². The third kappa shape index (κ3) is 4.76. The minimum Gasteiger partial charge on any atom is -0.488 e. The Morgan fingerprint density at radius 1 is 1.11 bits per heavy atom. The largest absolute Gasteiger partial charge is 0.488 e. The summed E-state index contributed by atoms with van der Waals surface area (Å²) in [5.74, 6) is 0.607. The van der Waals surface area contributed by atoms with Crippen LogP contribution in [-0.2, 0) is 6.61 Å². The van der Waals surface area contributed by atoms with E-state index in [1.54, 1.807) is 30.3 Å². The third-order valence-corrected chi connectivity index (χ3v) is 4.27. The number of halogens is 1. The number of nitro benzene ring substituents is 1. The molecule has 0 fully saturated rings. The van der Waals surface area contributed by atoms with Crippen LogP contribution in [0.25, 0.3) is 11.6 Å². The molecule has 0 heterocycles. The van der Waals surface area contributed by atoms with Crippen molar-refractivity contribution >= 4 is 28.9 Å². The second-order valence-electron chi connectivity index (χ2n) is 5.93. The standard InChI is InChI=1S/C22H15ClN2O3/c23-20-10-8-16(9-11-20)15-28-22-7-2-1-4-18(22)12-19(14-24)17-5-3-6-21(13-17)25(26)27/h1-13H,15H2/b19-12-. The molecule has 3 rings (SSSR count). The molecule has 0 spiro atoms. The summed E-state index contributed by atoms with van der Waals surface area (Å²) in [6.07, 6.45) is 1.66. The Morgan fingerprint density at radius 3 is 2.57 bits per heavy atom. The van der Waals surface area contributed by atoms with E-state index in [2.05, 4.69) is 6.07 Å². The van der Waals surface area contributed by atoms with E-state index in [9.17, 15) is 15.4 Å². The molecule has 0 aliphatic rings. The smallest absolute Gasteiger partial charge is 0.270 e. The van der Waals surface area contributed by atoms with Gasteiger partial charge in [-0.25, -0.2) is 0 Å². The Balaban J connectivity index is 1.88. The highest BCUT2D eigenvalue weighted by Gasteiger charge is 2.10. The van der Waals surface area contributed by atoms with Crippen LogP contribution >= 0.6 is 11.6 Å². The first-order chi connectivity index (χ1) is 13.6. The van der Waals surface area contributed by atoms with E-state index in [1.807, 2.05) is 36.4 Å². The Kier molecular flexibility index (Phi) is 6.05. The van der Waals surface area contributed by atoms with Gasteiger partial charge in [-0.3, -0.25) is 10.1 Å². The second-order valence-corrected chi connectivity index (χ2v) is 6.37. The zero-order valence-corrected chi connectivity index (χ0v) is 15.5. The predicted molar refractivity (Wildman–Crippen MR) is 109 cm³/mol. The molecule has 0 unspecified atom stereocenters. The predicted octanol–water partition coefficient (Wildman–Crippen LogP) is 5.89. The van der Waals surface area contributed by atoms with Crippen molar-refractivity contribution in [1.29, 1.82) is 5.26 Å². The highest BCUT2D eigenvalue weighted by molar-refractivity contribution is 6.30. The zero-order valence-electron chi connectivity index (χ0n) is 14.7. The average Bonchev–Trinajstić information content (AvgIpc) is 2.72. The van der Waals surface area contributed by atoms with Gasteiger partial charge in [-0.15, -0.1) is 0 Å². The monoisotopic (exact) mass is 390 g/mol. The van der Waals surface area contributed by atoms with Crippen molar-refractivity contribution in [2.24, 2.45) is 0 Å². The van der Waals surface area contributed by atoms with Crippen LogP contribution in [0.4, 0.5) is 5.69 Å². The minimum absolute atomic E-state index is 0.0640. The molecule has 0 radical (unpaired) electrons. The summed E-state index contributed by atoms with van der Waals surface area (Å²) < 4.78 is 5.90. The summed E-state index contributed by atoms with van der Waals surface area (Å²) in [4.78, 5) is 10.5. The van der Waals surface area contributed by atoms with E-state index in [-0.39, 0.29) is 5.69 Å². The van der Waals surface area contributed by atoms with E-state index in [0.29, 0.717) is 34.1 Å². The lowest BCUT2D eigenvalue weighted by molar-refractivity contribution is -0.384. The van der Waals surface area contributed by atoms with Crippen molar-refractivity contribution in [2.45, 2.75) is 6.61 Å². The maximum Gasteiger partial charge on any atom is 0.270 e. The fourth-order valence-corrected chi connectivity index (χ4v) is 2.72. The molecule has 5 nitrogen and oxygen atoms in total. The molecule has 0 saturated heterocycles. The van der Waals surface area contributed by atoms with Gasteiger partial charge >= 0.3 is 0 Å². The summed E-state index contributed by atoms with van der Waals surface area (Å²) >= 11 is 5.89. The topological polar surface area (TPSA) is 76.2 Å². The molecule has 0 aliphatic carbocycles. The first-order valence-electron chi connectivity index (χ1n) is 8.40. The van der Waals surface area contributed by atoms with E-state index < -0.39 is 4.92 Å². The molecule has 0 bridgehead atoms. The molecule has 0 aliphatic heterocycles. The SMILES string of the molecule is N#C/C(=C/c1ccccc1OCc1ccc(Cl)cc1)c1cccc([N+](=O)[O-])c1. The molecule has 0 N–H and O–H groups in total. The zero-order chi connectivity index (χ0) is 19.9. The van der Waals surface area contributed by atoms with E-state index in [1.165, 1.54) is 12.1 Å². The minimum atomic E-state index is -0.484. The summed E-state index contributed by atoms with van der Waals surface area (Å²) in [5.41, 5.74) is 2.39. The Labute approximate surface area is 167 Å². The van der Waals surface area contributed by atoms with Crippen LogP contribution in [0, 0.1) is 21.4 Å². The maximum absolute atomic E-state index is 11.0. The number of benzene rings is 3. The van der Waals surface area contributed by atoms with Gasteiger partial charge in [-0.05, 0) is 35.4 Å². The van der Waals surface area contributed by atoms with Crippen molar-refractivity contribution < 1.29 is 9.66 Å². The number of non-ortho nitro benzene ring substituents is 1. The molecule has 28 heavy (non-hydrogen) atoms. The number of ether oxygens (including phenoxy) is 1. The molecule has 3 aromatic carbocycles. The highest BCUT2D eigenvalue weighted by Crippen LogP contribution is 2.27. The fourth-order valence-electron chi connectivity index (χ4n) is 2.60. The lowest BCUT2D eigenvalue weighted by atomic mass is 10.0. The lowest BCUT2D eigenvalue weighted by Gasteiger charge is -2.10. The number of allylic oxidation sites excluding steroid dienone is 1. The Hall–Kier alpha value is -3.62. The Morgan fingerprint density at radius 2 is 1.86 bits per heavy atom.